The van der Waals surface area contributed by atoms with Gasteiger partial charge in [0.05, 0.1) is 11.0 Å². The summed E-state index contributed by atoms with van der Waals surface area (Å²) in [6.07, 6.45) is 4.33. The molecule has 6 heteroatoms. The Balaban J connectivity index is 1.34. The Hall–Kier alpha value is -2.86. The van der Waals surface area contributed by atoms with Crippen LogP contribution in [-0.4, -0.2) is 59.2 Å². The van der Waals surface area contributed by atoms with Gasteiger partial charge in [-0.25, -0.2) is 14.3 Å². The van der Waals surface area contributed by atoms with Crippen LogP contribution in [0.2, 0.25) is 0 Å². The zero-order valence-corrected chi connectivity index (χ0v) is 17.6. The van der Waals surface area contributed by atoms with E-state index in [1.165, 1.54) is 18.4 Å². The number of nitrogens with one attached hydrogen (secondary N) is 1. The smallest absolute Gasteiger partial charge is 0.328 e. The molecule has 5 rings (SSSR count). The zero-order valence-electron chi connectivity index (χ0n) is 17.6. The normalized spacial score (nSPS) is 18.1. The zero-order chi connectivity index (χ0) is 20.6. The summed E-state index contributed by atoms with van der Waals surface area (Å²) in [5, 5.41) is 3.12. The minimum Gasteiger partial charge on any atom is -0.339 e. The molecule has 0 atom stereocenters. The number of rotatable bonds is 5. The minimum absolute atomic E-state index is 0.0875. The van der Waals surface area contributed by atoms with Crippen LogP contribution in [0.15, 0.2) is 54.6 Å². The Labute approximate surface area is 177 Å². The van der Waals surface area contributed by atoms with Gasteiger partial charge in [0.2, 0.25) is 5.95 Å². The van der Waals surface area contributed by atoms with Gasteiger partial charge in [-0.3, -0.25) is 4.90 Å². The van der Waals surface area contributed by atoms with Gasteiger partial charge in [-0.15, -0.1) is 0 Å². The van der Waals surface area contributed by atoms with Crippen molar-refractivity contribution >= 4 is 23.0 Å². The number of nitrogens with zero attached hydrogens (tertiary/aromatic N) is 4. The Morgan fingerprint density at radius 2 is 1.83 bits per heavy atom. The molecular weight excluding hydrogens is 374 g/mol. The fraction of sp³-hybridized carbons (Fsp3) is 0.417. The highest BCUT2D eigenvalue weighted by atomic mass is 16.2. The lowest BCUT2D eigenvalue weighted by Gasteiger charge is -2.40. The summed E-state index contributed by atoms with van der Waals surface area (Å²) >= 11 is 0. The van der Waals surface area contributed by atoms with E-state index < -0.39 is 0 Å². The van der Waals surface area contributed by atoms with Crippen LogP contribution < -0.4 is 10.2 Å². The number of aryl methyl sites for hydroxylation is 1. The molecule has 1 aliphatic carbocycles. The third-order valence-corrected chi connectivity index (χ3v) is 6.62. The second-order valence-corrected chi connectivity index (χ2v) is 8.62. The van der Waals surface area contributed by atoms with Crippen molar-refractivity contribution in [1.29, 1.82) is 0 Å². The van der Waals surface area contributed by atoms with Crippen LogP contribution in [0, 0.1) is 0 Å². The van der Waals surface area contributed by atoms with E-state index >= 15 is 0 Å². The average Bonchev–Trinajstić information content (AvgIpc) is 3.44. The van der Waals surface area contributed by atoms with Gasteiger partial charge in [-0.05, 0) is 50.4 Å². The van der Waals surface area contributed by atoms with Crippen LogP contribution in [0.4, 0.5) is 10.7 Å². The van der Waals surface area contributed by atoms with Crippen LogP contribution in [0.25, 0.3) is 11.0 Å². The SMILES string of the molecule is CN1CCN(c2nc3ccccc3n2C(=O)NCCCc2ccccc2)CC12CC2. The molecule has 156 valence electrons. The van der Waals surface area contributed by atoms with E-state index in [2.05, 4.69) is 46.4 Å². The van der Waals surface area contributed by atoms with E-state index in [-0.39, 0.29) is 11.6 Å². The molecule has 1 saturated heterocycles. The highest BCUT2D eigenvalue weighted by Crippen LogP contribution is 2.44. The molecule has 1 aromatic heterocycles. The van der Waals surface area contributed by atoms with E-state index in [9.17, 15) is 4.79 Å². The highest BCUT2D eigenvalue weighted by Gasteiger charge is 2.50. The number of carbonyl (C=O) groups excluding carboxylic acids is 1. The summed E-state index contributed by atoms with van der Waals surface area (Å²) in [7, 11) is 2.22. The molecule has 0 unspecified atom stereocenters. The van der Waals surface area contributed by atoms with Gasteiger partial charge in [-0.2, -0.15) is 0 Å². The van der Waals surface area contributed by atoms with Gasteiger partial charge in [-0.1, -0.05) is 42.5 Å². The van der Waals surface area contributed by atoms with Crippen LogP contribution in [0.5, 0.6) is 0 Å². The van der Waals surface area contributed by atoms with E-state index in [1.807, 2.05) is 30.3 Å². The molecule has 2 aliphatic rings. The predicted molar refractivity (Wildman–Crippen MR) is 120 cm³/mol. The van der Waals surface area contributed by atoms with Crippen molar-refractivity contribution in [2.45, 2.75) is 31.2 Å². The standard InChI is InChI=1S/C24H29N5O/c1-27-16-17-28(18-24(27)13-14-24)22-26-20-11-5-6-12-21(20)29(22)23(30)25-15-7-10-19-8-3-2-4-9-19/h2-6,8-9,11-12H,7,10,13-18H2,1H3,(H,25,30). The van der Waals surface area contributed by atoms with Crippen molar-refractivity contribution in [2.24, 2.45) is 0 Å². The van der Waals surface area contributed by atoms with Crippen molar-refractivity contribution in [3.05, 3.63) is 60.2 Å². The molecule has 6 nitrogen and oxygen atoms in total. The Kier molecular flexibility index (Phi) is 4.95. The topological polar surface area (TPSA) is 53.4 Å². The number of hydrogen-bond donors (Lipinski definition) is 1. The first-order valence-corrected chi connectivity index (χ1v) is 10.9. The molecule has 2 aromatic carbocycles. The molecule has 30 heavy (non-hydrogen) atoms. The van der Waals surface area contributed by atoms with Gasteiger partial charge in [0.1, 0.15) is 0 Å². The monoisotopic (exact) mass is 403 g/mol. The second-order valence-electron chi connectivity index (χ2n) is 8.62. The Morgan fingerprint density at radius 1 is 1.07 bits per heavy atom. The lowest BCUT2D eigenvalue weighted by molar-refractivity contribution is 0.197. The van der Waals surface area contributed by atoms with Gasteiger partial charge < -0.3 is 10.2 Å². The molecular formula is C24H29N5O. The number of carbonyl (C=O) groups is 1. The summed E-state index contributed by atoms with van der Waals surface area (Å²) in [6.45, 7) is 3.48. The highest BCUT2D eigenvalue weighted by molar-refractivity contribution is 5.93. The molecule has 1 amide bonds. The number of imidazole rings is 1. The molecule has 2 fully saturated rings. The number of hydrogen-bond acceptors (Lipinski definition) is 4. The number of anilines is 1. The number of aromatic nitrogens is 2. The number of fused-ring (bicyclic) bond motifs is 1. The number of benzene rings is 2. The molecule has 2 heterocycles. The van der Waals surface area contributed by atoms with Crippen molar-refractivity contribution in [1.82, 2.24) is 19.8 Å². The molecule has 1 saturated carbocycles. The maximum absolute atomic E-state index is 13.2. The fourth-order valence-electron chi connectivity index (χ4n) is 4.55. The van der Waals surface area contributed by atoms with Crippen LogP contribution in [-0.2, 0) is 6.42 Å². The van der Waals surface area contributed by atoms with E-state index in [0.29, 0.717) is 6.54 Å². The van der Waals surface area contributed by atoms with Crippen LogP contribution >= 0.6 is 0 Å². The number of para-hydroxylation sites is 2. The summed E-state index contributed by atoms with van der Waals surface area (Å²) in [5.74, 6) is 0.774. The molecule has 1 N–H and O–H groups in total. The van der Waals surface area contributed by atoms with E-state index in [1.54, 1.807) is 4.57 Å². The third-order valence-electron chi connectivity index (χ3n) is 6.62. The largest absolute Gasteiger partial charge is 0.339 e. The van der Waals surface area contributed by atoms with Crippen molar-refractivity contribution in [3.8, 4) is 0 Å². The van der Waals surface area contributed by atoms with Crippen LogP contribution in [0.3, 0.4) is 0 Å². The summed E-state index contributed by atoms with van der Waals surface area (Å²) in [4.78, 5) is 22.8. The number of amides is 1. The van der Waals surface area contributed by atoms with Gasteiger partial charge in [0.25, 0.3) is 0 Å². The molecule has 0 bridgehead atoms. The first-order valence-electron chi connectivity index (χ1n) is 10.9. The summed E-state index contributed by atoms with van der Waals surface area (Å²) in [6, 6.07) is 18.2. The molecule has 0 radical (unpaired) electrons. The molecule has 3 aromatic rings. The molecule has 1 spiro atoms. The second kappa shape index (κ2) is 7.76. The quantitative estimate of drug-likeness (QED) is 0.663. The van der Waals surface area contributed by atoms with Crippen molar-refractivity contribution in [2.75, 3.05) is 38.1 Å². The predicted octanol–water partition coefficient (Wildman–Crippen LogP) is 3.51. The van der Waals surface area contributed by atoms with Gasteiger partial charge in [0, 0.05) is 31.7 Å². The van der Waals surface area contributed by atoms with Crippen molar-refractivity contribution in [3.63, 3.8) is 0 Å². The van der Waals surface area contributed by atoms with Gasteiger partial charge >= 0.3 is 6.03 Å². The minimum atomic E-state index is -0.0875. The first-order chi connectivity index (χ1) is 14.7. The number of likely N-dealkylation sites (N-methyl/N-ethyl adjacent to an activating group) is 1. The van der Waals surface area contributed by atoms with E-state index in [4.69, 9.17) is 4.98 Å². The van der Waals surface area contributed by atoms with Gasteiger partial charge in [0.15, 0.2) is 0 Å². The van der Waals surface area contributed by atoms with Crippen molar-refractivity contribution < 1.29 is 4.79 Å². The van der Waals surface area contributed by atoms with E-state index in [0.717, 1.165) is 49.5 Å². The Bertz CT molecular complexity index is 1040. The first kappa shape index (κ1) is 19.1. The maximum atomic E-state index is 13.2. The lowest BCUT2D eigenvalue weighted by Crippen LogP contribution is -2.54. The average molecular weight is 404 g/mol. The Morgan fingerprint density at radius 3 is 2.63 bits per heavy atom. The maximum Gasteiger partial charge on any atom is 0.328 e. The summed E-state index contributed by atoms with van der Waals surface area (Å²) in [5.41, 5.74) is 3.31. The summed E-state index contributed by atoms with van der Waals surface area (Å²) < 4.78 is 1.78. The lowest BCUT2D eigenvalue weighted by atomic mass is 10.1. The fourth-order valence-corrected chi connectivity index (χ4v) is 4.55. The molecule has 1 aliphatic heterocycles. The number of piperazine rings is 1. The third kappa shape index (κ3) is 3.56. The van der Waals surface area contributed by atoms with Crippen LogP contribution in [0.1, 0.15) is 24.8 Å².